The van der Waals surface area contributed by atoms with Gasteiger partial charge in [0.1, 0.15) is 0 Å². The summed E-state index contributed by atoms with van der Waals surface area (Å²) < 4.78 is 31.7. The second-order valence-electron chi connectivity index (χ2n) is 5.41. The van der Waals surface area contributed by atoms with Crippen molar-refractivity contribution in [3.05, 3.63) is 60.7 Å². The first-order chi connectivity index (χ1) is 11.3. The predicted octanol–water partition coefficient (Wildman–Crippen LogP) is 4.32. The van der Waals surface area contributed by atoms with Crippen LogP contribution in [0, 0.1) is 0 Å². The third kappa shape index (κ3) is 5.18. The van der Waals surface area contributed by atoms with Gasteiger partial charge in [0.15, 0.2) is 0 Å². The van der Waals surface area contributed by atoms with Crippen LogP contribution in [0.25, 0.3) is 0 Å². The second kappa shape index (κ2) is 8.99. The van der Waals surface area contributed by atoms with Crippen LogP contribution in [0.1, 0.15) is 13.8 Å². The maximum absolute atomic E-state index is 12.3. The van der Waals surface area contributed by atoms with Crippen LogP contribution in [0.4, 0.5) is 0 Å². The molecular formula is C18H26N2O2S2. The first-order valence-electron chi connectivity index (χ1n) is 7.62. The number of hydrogen-bond acceptors (Lipinski definition) is 4. The standard InChI is InChI=1S/C10H15NOS.C8H11NOS/c1-9(2)13(12,11-3)10-7-5-4-6-8-10;1-9-11(2,10)8-6-4-3-5-7-8/h4-9H,1-3H3;3-7H,1-2H3. The van der Waals surface area contributed by atoms with Gasteiger partial charge >= 0.3 is 0 Å². The maximum atomic E-state index is 12.3. The number of rotatable bonds is 3. The van der Waals surface area contributed by atoms with Gasteiger partial charge in [0.2, 0.25) is 0 Å². The van der Waals surface area contributed by atoms with Gasteiger partial charge in [-0.25, -0.2) is 17.1 Å². The van der Waals surface area contributed by atoms with Crippen LogP contribution in [0.3, 0.4) is 0 Å². The van der Waals surface area contributed by atoms with Crippen molar-refractivity contribution in [3.63, 3.8) is 0 Å². The summed E-state index contributed by atoms with van der Waals surface area (Å²) in [7, 11) is -1.12. The van der Waals surface area contributed by atoms with E-state index in [-0.39, 0.29) is 5.25 Å². The molecule has 4 nitrogen and oxygen atoms in total. The van der Waals surface area contributed by atoms with E-state index in [4.69, 9.17) is 0 Å². The monoisotopic (exact) mass is 366 g/mol. The predicted molar refractivity (Wildman–Crippen MR) is 103 cm³/mol. The summed E-state index contributed by atoms with van der Waals surface area (Å²) in [5, 5.41) is 0.0555. The lowest BCUT2D eigenvalue weighted by Gasteiger charge is -2.12. The summed E-state index contributed by atoms with van der Waals surface area (Å²) in [5.74, 6) is 0. The van der Waals surface area contributed by atoms with E-state index in [1.54, 1.807) is 20.4 Å². The largest absolute Gasteiger partial charge is 0.245 e. The average Bonchev–Trinajstić information content (AvgIpc) is 2.63. The van der Waals surface area contributed by atoms with E-state index in [1.807, 2.05) is 74.5 Å². The lowest BCUT2D eigenvalue weighted by molar-refractivity contribution is 0.669. The minimum absolute atomic E-state index is 0.0555. The fourth-order valence-electron chi connectivity index (χ4n) is 1.98. The highest BCUT2D eigenvalue weighted by Gasteiger charge is 2.15. The van der Waals surface area contributed by atoms with E-state index in [1.165, 1.54) is 0 Å². The molecule has 0 N–H and O–H groups in total. The Kier molecular flexibility index (Phi) is 7.63. The topological polar surface area (TPSA) is 58.9 Å². The highest BCUT2D eigenvalue weighted by atomic mass is 32.2. The molecule has 0 saturated carbocycles. The molecule has 2 atom stereocenters. The first kappa shape index (κ1) is 20.4. The highest BCUT2D eigenvalue weighted by molar-refractivity contribution is 7.94. The Bertz CT molecular complexity index is 860. The Morgan fingerprint density at radius 1 is 0.750 bits per heavy atom. The normalized spacial score (nSPS) is 15.4. The molecule has 0 radical (unpaired) electrons. The van der Waals surface area contributed by atoms with Crippen LogP contribution in [-0.2, 0) is 19.5 Å². The van der Waals surface area contributed by atoms with Gasteiger partial charge in [0.05, 0.1) is 19.5 Å². The molecule has 6 heteroatoms. The molecule has 0 fully saturated rings. The fraction of sp³-hybridized carbons (Fsp3) is 0.333. The van der Waals surface area contributed by atoms with E-state index in [0.29, 0.717) is 0 Å². The molecule has 132 valence electrons. The third-order valence-corrected chi connectivity index (χ3v) is 8.13. The van der Waals surface area contributed by atoms with E-state index in [0.717, 1.165) is 9.79 Å². The molecule has 0 aromatic heterocycles. The quantitative estimate of drug-likeness (QED) is 0.812. The van der Waals surface area contributed by atoms with Crippen LogP contribution < -0.4 is 0 Å². The molecule has 0 aliphatic rings. The zero-order valence-electron chi connectivity index (χ0n) is 14.9. The molecule has 0 amide bonds. The Morgan fingerprint density at radius 2 is 1.17 bits per heavy atom. The molecule has 2 rings (SSSR count). The Morgan fingerprint density at radius 3 is 1.50 bits per heavy atom. The van der Waals surface area contributed by atoms with Crippen molar-refractivity contribution in [2.45, 2.75) is 28.9 Å². The minimum atomic E-state index is -2.20. The van der Waals surface area contributed by atoms with Crippen LogP contribution >= 0.6 is 0 Å². The molecule has 0 aliphatic heterocycles. The molecule has 0 heterocycles. The maximum Gasteiger partial charge on any atom is 0.0773 e. The second-order valence-corrected chi connectivity index (χ2v) is 10.8. The van der Waals surface area contributed by atoms with Gasteiger partial charge < -0.3 is 0 Å². The van der Waals surface area contributed by atoms with Crippen LogP contribution in [0.5, 0.6) is 0 Å². The summed E-state index contributed by atoms with van der Waals surface area (Å²) in [6.45, 7) is 3.87. The van der Waals surface area contributed by atoms with Gasteiger partial charge in [-0.2, -0.15) is 0 Å². The number of hydrogen-bond donors (Lipinski definition) is 0. The zero-order chi connectivity index (χ0) is 18.2. The van der Waals surface area contributed by atoms with Crippen molar-refractivity contribution < 1.29 is 8.42 Å². The van der Waals surface area contributed by atoms with Gasteiger partial charge in [-0.3, -0.25) is 0 Å². The van der Waals surface area contributed by atoms with Gasteiger partial charge in [-0.15, -0.1) is 0 Å². The number of benzene rings is 2. The van der Waals surface area contributed by atoms with Crippen molar-refractivity contribution in [2.24, 2.45) is 8.73 Å². The highest BCUT2D eigenvalue weighted by Crippen LogP contribution is 2.17. The van der Waals surface area contributed by atoms with Gasteiger partial charge in [-0.1, -0.05) is 36.4 Å². The lowest BCUT2D eigenvalue weighted by atomic mass is 10.4. The zero-order valence-corrected chi connectivity index (χ0v) is 16.5. The molecule has 2 unspecified atom stereocenters. The summed E-state index contributed by atoms with van der Waals surface area (Å²) in [6, 6.07) is 18.7. The molecule has 0 spiro atoms. The Labute approximate surface area is 146 Å². The number of nitrogens with zero attached hydrogens (tertiary/aromatic N) is 2. The van der Waals surface area contributed by atoms with E-state index in [9.17, 15) is 8.42 Å². The Balaban J connectivity index is 0.000000243. The summed E-state index contributed by atoms with van der Waals surface area (Å²) in [5.41, 5.74) is 0. The molecule has 24 heavy (non-hydrogen) atoms. The minimum Gasteiger partial charge on any atom is -0.245 e. The smallest absolute Gasteiger partial charge is 0.0773 e. The summed E-state index contributed by atoms with van der Waals surface area (Å²) in [6.07, 6.45) is 1.64. The van der Waals surface area contributed by atoms with Gasteiger partial charge in [-0.05, 0) is 38.1 Å². The molecule has 2 aromatic rings. The molecular weight excluding hydrogens is 340 g/mol. The van der Waals surface area contributed by atoms with E-state index >= 15 is 0 Å². The molecule has 0 saturated heterocycles. The van der Waals surface area contributed by atoms with Gasteiger partial charge in [0, 0.05) is 35.4 Å². The van der Waals surface area contributed by atoms with E-state index < -0.39 is 19.5 Å². The SMILES string of the molecule is CN=S(=O)(c1ccccc1)C(C)C.CN=S(C)(=O)c1ccccc1. The summed E-state index contributed by atoms with van der Waals surface area (Å²) >= 11 is 0. The van der Waals surface area contributed by atoms with Crippen LogP contribution in [-0.4, -0.2) is 34.0 Å². The fourth-order valence-corrected chi connectivity index (χ4v) is 4.58. The molecule has 2 aromatic carbocycles. The van der Waals surface area contributed by atoms with E-state index in [2.05, 4.69) is 8.73 Å². The van der Waals surface area contributed by atoms with Gasteiger partial charge in [0.25, 0.3) is 0 Å². The summed E-state index contributed by atoms with van der Waals surface area (Å²) in [4.78, 5) is 1.62. The third-order valence-electron chi connectivity index (χ3n) is 3.52. The van der Waals surface area contributed by atoms with Crippen molar-refractivity contribution in [2.75, 3.05) is 20.4 Å². The lowest BCUT2D eigenvalue weighted by Crippen LogP contribution is -2.13. The molecule has 0 bridgehead atoms. The van der Waals surface area contributed by atoms with Crippen molar-refractivity contribution >= 4 is 19.5 Å². The Hall–Kier alpha value is -1.66. The van der Waals surface area contributed by atoms with Crippen LogP contribution in [0.2, 0.25) is 0 Å². The van der Waals surface area contributed by atoms with Crippen molar-refractivity contribution in [1.82, 2.24) is 0 Å². The van der Waals surface area contributed by atoms with Crippen molar-refractivity contribution in [1.29, 1.82) is 0 Å². The van der Waals surface area contributed by atoms with Crippen molar-refractivity contribution in [3.8, 4) is 0 Å². The average molecular weight is 367 g/mol. The first-order valence-corrected chi connectivity index (χ1v) is 11.1. The molecule has 0 aliphatic carbocycles. The van der Waals surface area contributed by atoms with Crippen LogP contribution in [0.15, 0.2) is 79.2 Å².